The van der Waals surface area contributed by atoms with Gasteiger partial charge in [0, 0.05) is 12.4 Å². The van der Waals surface area contributed by atoms with Gasteiger partial charge in [-0.15, -0.1) is 0 Å². The van der Waals surface area contributed by atoms with E-state index < -0.39 is 10.1 Å². The van der Waals surface area contributed by atoms with Crippen molar-refractivity contribution in [2.45, 2.75) is 4.90 Å². The Morgan fingerprint density at radius 1 is 1.50 bits per heavy atom. The van der Waals surface area contributed by atoms with Gasteiger partial charge in [-0.25, -0.2) is 0 Å². The molecule has 1 heterocycles. The van der Waals surface area contributed by atoms with Gasteiger partial charge in [0.05, 0.1) is 16.9 Å². The van der Waals surface area contributed by atoms with Crippen molar-refractivity contribution in [2.24, 2.45) is 0 Å². The highest BCUT2D eigenvalue weighted by atomic mass is 35.5. The van der Waals surface area contributed by atoms with Gasteiger partial charge < -0.3 is 0 Å². The van der Waals surface area contributed by atoms with E-state index in [1.807, 2.05) is 0 Å². The molecule has 66 valence electrons. The van der Waals surface area contributed by atoms with Gasteiger partial charge in [0.2, 0.25) is 0 Å². The largest absolute Gasteiger partial charge is 0.315 e. The maximum atomic E-state index is 10.9. The highest BCUT2D eigenvalue weighted by molar-refractivity contribution is 7.87. The molecule has 0 spiro atoms. The summed E-state index contributed by atoms with van der Waals surface area (Å²) in [5, 5.41) is 0.0191. The minimum atomic E-state index is -3.96. The third-order valence-corrected chi connectivity index (χ3v) is 3.06. The fourth-order valence-corrected chi connectivity index (χ4v) is 1.74. The second kappa shape index (κ2) is 3.57. The number of nitrogens with zero attached hydrogens (tertiary/aromatic N) is 1. The number of aromatic nitrogens is 1. The first-order valence-electron chi connectivity index (χ1n) is 2.72. The molecule has 0 N–H and O–H groups in total. The second-order valence-corrected chi connectivity index (χ2v) is 4.08. The fourth-order valence-electron chi connectivity index (χ4n) is 0.581. The van der Waals surface area contributed by atoms with Gasteiger partial charge in [0.1, 0.15) is 4.90 Å². The Kier molecular flexibility index (Phi) is 2.89. The SMILES string of the molecule is O=S(=O)(OCl)c1cnccc1Cl. The molecule has 0 radical (unpaired) electrons. The molecule has 12 heavy (non-hydrogen) atoms. The second-order valence-electron chi connectivity index (χ2n) is 1.82. The summed E-state index contributed by atoms with van der Waals surface area (Å²) in [6, 6.07) is 1.32. The van der Waals surface area contributed by atoms with Crippen LogP contribution >= 0.6 is 23.5 Å². The normalized spacial score (nSPS) is 11.5. The molecule has 0 saturated heterocycles. The molecule has 0 amide bonds. The summed E-state index contributed by atoms with van der Waals surface area (Å²) in [5.41, 5.74) is 0. The average molecular weight is 228 g/mol. The van der Waals surface area contributed by atoms with Gasteiger partial charge in [0.15, 0.2) is 0 Å². The zero-order valence-electron chi connectivity index (χ0n) is 5.57. The molecule has 1 aromatic rings. The van der Waals surface area contributed by atoms with E-state index in [2.05, 4.69) is 8.72 Å². The summed E-state index contributed by atoms with van der Waals surface area (Å²) < 4.78 is 25.6. The monoisotopic (exact) mass is 227 g/mol. The van der Waals surface area contributed by atoms with Crippen LogP contribution in [-0.2, 0) is 13.9 Å². The maximum Gasteiger partial charge on any atom is 0.315 e. The Labute approximate surface area is 79.4 Å². The van der Waals surface area contributed by atoms with Gasteiger partial charge in [-0.05, 0) is 6.07 Å². The number of hydrogen-bond acceptors (Lipinski definition) is 4. The van der Waals surface area contributed by atoms with E-state index in [9.17, 15) is 8.42 Å². The highest BCUT2D eigenvalue weighted by Crippen LogP contribution is 2.21. The molecule has 0 aliphatic carbocycles. The Morgan fingerprint density at radius 2 is 2.17 bits per heavy atom. The Morgan fingerprint density at radius 3 is 2.67 bits per heavy atom. The molecular formula is C5H3Cl2NO3S. The van der Waals surface area contributed by atoms with Crippen LogP contribution in [0.3, 0.4) is 0 Å². The molecule has 0 atom stereocenters. The van der Waals surface area contributed by atoms with Crippen LogP contribution in [0.5, 0.6) is 0 Å². The zero-order chi connectivity index (χ0) is 9.19. The van der Waals surface area contributed by atoms with E-state index in [0.29, 0.717) is 0 Å². The van der Waals surface area contributed by atoms with Gasteiger partial charge in [-0.1, -0.05) is 11.6 Å². The van der Waals surface area contributed by atoms with Crippen LogP contribution in [0.1, 0.15) is 0 Å². The minimum absolute atomic E-state index is 0.0191. The standard InChI is InChI=1S/C5H3Cl2NO3S/c6-4-1-2-8-3-5(4)12(9,10)11-7/h1-3H. The first-order valence-corrected chi connectivity index (χ1v) is 4.82. The topological polar surface area (TPSA) is 56.3 Å². The Balaban J connectivity index is 3.30. The fraction of sp³-hybridized carbons (Fsp3) is 0. The first-order chi connectivity index (χ1) is 5.58. The van der Waals surface area contributed by atoms with Crippen LogP contribution in [-0.4, -0.2) is 13.4 Å². The van der Waals surface area contributed by atoms with E-state index in [0.717, 1.165) is 6.20 Å². The summed E-state index contributed by atoms with van der Waals surface area (Å²) in [7, 11) is -3.96. The van der Waals surface area contributed by atoms with Crippen molar-refractivity contribution >= 4 is 33.6 Å². The van der Waals surface area contributed by atoms with Crippen LogP contribution in [0.25, 0.3) is 0 Å². The van der Waals surface area contributed by atoms with Gasteiger partial charge in [-0.2, -0.15) is 12.2 Å². The predicted molar refractivity (Wildman–Crippen MR) is 43.4 cm³/mol. The van der Waals surface area contributed by atoms with E-state index in [1.54, 1.807) is 0 Å². The van der Waals surface area contributed by atoms with Crippen molar-refractivity contribution in [3.63, 3.8) is 0 Å². The van der Waals surface area contributed by atoms with Crippen LogP contribution in [0, 0.1) is 0 Å². The van der Waals surface area contributed by atoms with Crippen molar-refractivity contribution in [1.29, 1.82) is 0 Å². The molecule has 0 saturated carbocycles. The van der Waals surface area contributed by atoms with E-state index in [1.165, 1.54) is 12.3 Å². The lowest BCUT2D eigenvalue weighted by Crippen LogP contribution is -2.00. The molecule has 0 fully saturated rings. The third-order valence-electron chi connectivity index (χ3n) is 1.09. The van der Waals surface area contributed by atoms with Crippen LogP contribution in [0.4, 0.5) is 0 Å². The summed E-state index contributed by atoms with van der Waals surface area (Å²) in [6.07, 6.45) is 2.41. The maximum absolute atomic E-state index is 10.9. The van der Waals surface area contributed by atoms with Gasteiger partial charge in [-0.3, -0.25) is 4.98 Å². The van der Waals surface area contributed by atoms with Crippen molar-refractivity contribution < 1.29 is 12.2 Å². The lowest BCUT2D eigenvalue weighted by Gasteiger charge is -1.99. The summed E-state index contributed by atoms with van der Waals surface area (Å²) in [5.74, 6) is 0. The van der Waals surface area contributed by atoms with Crippen molar-refractivity contribution in [1.82, 2.24) is 4.98 Å². The molecule has 0 bridgehead atoms. The van der Waals surface area contributed by atoms with E-state index in [4.69, 9.17) is 23.5 Å². The number of halogens is 2. The molecular weight excluding hydrogens is 225 g/mol. The van der Waals surface area contributed by atoms with Gasteiger partial charge in [0.25, 0.3) is 0 Å². The molecule has 1 aromatic heterocycles. The van der Waals surface area contributed by atoms with Gasteiger partial charge >= 0.3 is 10.1 Å². The highest BCUT2D eigenvalue weighted by Gasteiger charge is 2.18. The number of pyridine rings is 1. The predicted octanol–water partition coefficient (Wildman–Crippen LogP) is 1.59. The quantitative estimate of drug-likeness (QED) is 0.771. The molecule has 4 nitrogen and oxygen atoms in total. The number of rotatable bonds is 2. The van der Waals surface area contributed by atoms with E-state index >= 15 is 0 Å². The molecule has 0 aromatic carbocycles. The lowest BCUT2D eigenvalue weighted by molar-refractivity contribution is 0.508. The third kappa shape index (κ3) is 1.87. The Bertz CT molecular complexity index is 378. The summed E-state index contributed by atoms with van der Waals surface area (Å²) >= 11 is 10.3. The molecule has 1 rings (SSSR count). The molecule has 0 unspecified atom stereocenters. The first kappa shape index (κ1) is 9.73. The summed E-state index contributed by atoms with van der Waals surface area (Å²) in [6.45, 7) is 0. The lowest BCUT2D eigenvalue weighted by atomic mass is 10.5. The smallest absolute Gasteiger partial charge is 0.263 e. The van der Waals surface area contributed by atoms with Crippen molar-refractivity contribution in [2.75, 3.05) is 0 Å². The van der Waals surface area contributed by atoms with Crippen molar-refractivity contribution in [3.8, 4) is 0 Å². The minimum Gasteiger partial charge on any atom is -0.263 e. The van der Waals surface area contributed by atoms with Crippen molar-refractivity contribution in [3.05, 3.63) is 23.5 Å². The molecule has 0 aliphatic rings. The van der Waals surface area contributed by atoms with Crippen LogP contribution in [0.2, 0.25) is 5.02 Å². The summed E-state index contributed by atoms with van der Waals surface area (Å²) in [4.78, 5) is 3.31. The van der Waals surface area contributed by atoms with Crippen LogP contribution in [0.15, 0.2) is 23.4 Å². The molecule has 0 aliphatic heterocycles. The average Bonchev–Trinajstić information content (AvgIpc) is 2.05. The molecule has 7 heteroatoms. The van der Waals surface area contributed by atoms with E-state index in [-0.39, 0.29) is 9.92 Å². The number of hydrogen-bond donors (Lipinski definition) is 0. The zero-order valence-corrected chi connectivity index (χ0v) is 7.90. The van der Waals surface area contributed by atoms with Crippen LogP contribution < -0.4 is 0 Å². The Hall–Kier alpha value is -0.360.